The van der Waals surface area contributed by atoms with Crippen molar-refractivity contribution in [3.63, 3.8) is 0 Å². The molecule has 1 saturated heterocycles. The first-order chi connectivity index (χ1) is 14.9. The lowest BCUT2D eigenvalue weighted by atomic mass is 9.77. The summed E-state index contributed by atoms with van der Waals surface area (Å²) in [5.41, 5.74) is 5.82. The van der Waals surface area contributed by atoms with Gasteiger partial charge in [0.15, 0.2) is 0 Å². The van der Waals surface area contributed by atoms with E-state index in [0.29, 0.717) is 11.6 Å². The zero-order valence-corrected chi connectivity index (χ0v) is 19.8. The number of hydrogen-bond donors (Lipinski definition) is 3. The molecule has 0 aliphatic carbocycles. The number of hydrazine groups is 2. The number of nitrogens with two attached hydrogens (primary N) is 2. The predicted octanol–water partition coefficient (Wildman–Crippen LogP) is 2.15. The van der Waals surface area contributed by atoms with E-state index in [2.05, 4.69) is 4.98 Å². The number of anilines is 1. The van der Waals surface area contributed by atoms with Crippen LogP contribution in [0.4, 0.5) is 10.5 Å². The molecule has 2 amide bonds. The molecule has 1 aromatic heterocycles. The number of nitrogens with one attached hydrogen (secondary N) is 1. The van der Waals surface area contributed by atoms with Gasteiger partial charge in [-0.15, -0.1) is 0 Å². The molecule has 0 atom stereocenters. The van der Waals surface area contributed by atoms with Gasteiger partial charge in [-0.05, 0) is 60.1 Å². The molecule has 0 saturated carbocycles. The lowest BCUT2D eigenvalue weighted by Gasteiger charge is -2.32. The first-order valence-corrected chi connectivity index (χ1v) is 10.5. The summed E-state index contributed by atoms with van der Waals surface area (Å²) in [6, 6.07) is 6.81. The summed E-state index contributed by atoms with van der Waals surface area (Å²) in [4.78, 5) is 16.5. The van der Waals surface area contributed by atoms with Crippen LogP contribution in [0, 0.1) is 20.8 Å². The molecule has 1 aliphatic rings. The molecule has 2 aromatic rings. The Morgan fingerprint density at radius 3 is 2.38 bits per heavy atom. The summed E-state index contributed by atoms with van der Waals surface area (Å²) in [6.07, 6.45) is 0. The van der Waals surface area contributed by atoms with E-state index in [0.717, 1.165) is 32.9 Å². The number of urea groups is 1. The summed E-state index contributed by atoms with van der Waals surface area (Å²) in [7, 11) is -0.496. The predicted molar refractivity (Wildman–Crippen MR) is 124 cm³/mol. The van der Waals surface area contributed by atoms with Crippen molar-refractivity contribution in [3.8, 4) is 5.88 Å². The van der Waals surface area contributed by atoms with Crippen molar-refractivity contribution in [2.45, 2.75) is 66.3 Å². The number of rotatable bonds is 5. The van der Waals surface area contributed by atoms with E-state index in [9.17, 15) is 4.79 Å². The van der Waals surface area contributed by atoms with Crippen LogP contribution in [0.5, 0.6) is 5.88 Å². The third kappa shape index (κ3) is 4.44. The maximum Gasteiger partial charge on any atom is 0.496 e. The third-order valence-electron chi connectivity index (χ3n) is 6.24. The van der Waals surface area contributed by atoms with Gasteiger partial charge in [0, 0.05) is 22.3 Å². The SMILES string of the molecule is Cc1cc(B2OC(C)(C)C(C)(C)O2)c(C)nc1OCc1c(C)cccc1N(N)C(=O)NN. The van der Waals surface area contributed by atoms with Gasteiger partial charge in [0.25, 0.3) is 0 Å². The Balaban J connectivity index is 1.84. The smallest absolute Gasteiger partial charge is 0.473 e. The molecule has 0 unspecified atom stereocenters. The molecule has 1 aromatic carbocycles. The van der Waals surface area contributed by atoms with E-state index in [-0.39, 0.29) is 6.61 Å². The maximum atomic E-state index is 11.9. The van der Waals surface area contributed by atoms with Gasteiger partial charge >= 0.3 is 13.1 Å². The number of aromatic nitrogens is 1. The molecule has 32 heavy (non-hydrogen) atoms. The summed E-state index contributed by atoms with van der Waals surface area (Å²) in [5, 5.41) is 0.957. The van der Waals surface area contributed by atoms with Gasteiger partial charge in [-0.3, -0.25) is 5.43 Å². The van der Waals surface area contributed by atoms with Crippen molar-refractivity contribution < 1.29 is 18.8 Å². The topological polar surface area (TPSA) is 125 Å². The molecular weight excluding hydrogens is 409 g/mol. The van der Waals surface area contributed by atoms with Gasteiger partial charge in [0.2, 0.25) is 5.88 Å². The second-order valence-electron chi connectivity index (χ2n) is 9.05. The monoisotopic (exact) mass is 441 g/mol. The van der Waals surface area contributed by atoms with Crippen molar-refractivity contribution in [2.75, 3.05) is 5.01 Å². The molecule has 172 valence electrons. The standard InChI is InChI=1S/C22H32BN5O4/c1-13-9-8-10-18(28(25)20(29)27-24)16(13)12-30-19-14(2)11-17(15(3)26-19)23-31-21(4,5)22(6,7)32-23/h8-11H,12,24-25H2,1-7H3,(H,27,29). The van der Waals surface area contributed by atoms with Crippen molar-refractivity contribution in [1.82, 2.24) is 10.4 Å². The number of carbonyl (C=O) groups is 1. The second-order valence-corrected chi connectivity index (χ2v) is 9.05. The van der Waals surface area contributed by atoms with Crippen molar-refractivity contribution in [1.29, 1.82) is 0 Å². The highest BCUT2D eigenvalue weighted by Gasteiger charge is 2.52. The van der Waals surface area contributed by atoms with E-state index in [1.54, 1.807) is 6.07 Å². The second kappa shape index (κ2) is 8.70. The molecule has 0 bridgehead atoms. The fourth-order valence-electron chi connectivity index (χ4n) is 3.48. The van der Waals surface area contributed by atoms with Gasteiger partial charge in [0.1, 0.15) is 6.61 Å². The molecule has 5 N–H and O–H groups in total. The lowest BCUT2D eigenvalue weighted by Crippen LogP contribution is -2.48. The summed E-state index contributed by atoms with van der Waals surface area (Å²) < 4.78 is 18.4. The van der Waals surface area contributed by atoms with Crippen molar-refractivity contribution in [3.05, 3.63) is 46.6 Å². The molecule has 9 nitrogen and oxygen atoms in total. The van der Waals surface area contributed by atoms with Crippen LogP contribution in [-0.2, 0) is 15.9 Å². The molecular formula is C22H32BN5O4. The van der Waals surface area contributed by atoms with E-state index in [1.165, 1.54) is 0 Å². The van der Waals surface area contributed by atoms with Gasteiger partial charge in [-0.2, -0.15) is 0 Å². The van der Waals surface area contributed by atoms with Crippen LogP contribution in [-0.4, -0.2) is 29.3 Å². The molecule has 1 aliphatic heterocycles. The number of hydrogen-bond acceptors (Lipinski definition) is 7. The lowest BCUT2D eigenvalue weighted by molar-refractivity contribution is 0.00578. The largest absolute Gasteiger partial charge is 0.496 e. The Hall–Kier alpha value is -2.66. The summed E-state index contributed by atoms with van der Waals surface area (Å²) in [5.74, 6) is 11.6. The Morgan fingerprint density at radius 2 is 1.78 bits per heavy atom. The highest BCUT2D eigenvalue weighted by Crippen LogP contribution is 2.37. The number of benzene rings is 1. The normalized spacial score (nSPS) is 16.7. The first kappa shape index (κ1) is 24.0. The average Bonchev–Trinajstić information content (AvgIpc) is 2.94. The number of nitrogens with zero attached hydrogens (tertiary/aromatic N) is 2. The Morgan fingerprint density at radius 1 is 1.16 bits per heavy atom. The number of aryl methyl sites for hydroxylation is 3. The quantitative estimate of drug-likeness (QED) is 0.281. The Bertz CT molecular complexity index is 1010. The Labute approximate surface area is 189 Å². The van der Waals surface area contributed by atoms with Gasteiger partial charge in [-0.1, -0.05) is 18.2 Å². The van der Waals surface area contributed by atoms with Crippen LogP contribution < -0.4 is 32.3 Å². The van der Waals surface area contributed by atoms with E-state index in [4.69, 9.17) is 25.7 Å². The number of ether oxygens (including phenoxy) is 1. The van der Waals surface area contributed by atoms with Crippen molar-refractivity contribution in [2.24, 2.45) is 11.7 Å². The van der Waals surface area contributed by atoms with Gasteiger partial charge < -0.3 is 14.0 Å². The molecule has 10 heteroatoms. The van der Waals surface area contributed by atoms with Crippen molar-refractivity contribution >= 4 is 24.3 Å². The minimum atomic E-state index is -0.631. The molecule has 0 spiro atoms. The fraction of sp³-hybridized carbons (Fsp3) is 0.455. The highest BCUT2D eigenvalue weighted by atomic mass is 16.7. The van der Waals surface area contributed by atoms with Crippen LogP contribution in [0.2, 0.25) is 0 Å². The molecule has 3 rings (SSSR count). The van der Waals surface area contributed by atoms with Crippen LogP contribution >= 0.6 is 0 Å². The first-order valence-electron chi connectivity index (χ1n) is 10.5. The Kier molecular flexibility index (Phi) is 6.53. The average molecular weight is 441 g/mol. The number of carbonyl (C=O) groups excluding carboxylic acids is 1. The van der Waals surface area contributed by atoms with Crippen LogP contribution in [0.15, 0.2) is 24.3 Å². The minimum Gasteiger partial charge on any atom is -0.473 e. The number of pyridine rings is 1. The van der Waals surface area contributed by atoms with E-state index >= 15 is 0 Å². The zero-order chi connectivity index (χ0) is 23.8. The molecule has 1 fully saturated rings. The summed E-state index contributed by atoms with van der Waals surface area (Å²) >= 11 is 0. The highest BCUT2D eigenvalue weighted by molar-refractivity contribution is 6.62. The van der Waals surface area contributed by atoms with Gasteiger partial charge in [0.05, 0.1) is 16.9 Å². The molecule has 0 radical (unpaired) electrons. The number of amides is 2. The van der Waals surface area contributed by atoms with E-state index < -0.39 is 24.4 Å². The fourth-order valence-corrected chi connectivity index (χ4v) is 3.48. The minimum absolute atomic E-state index is 0.177. The van der Waals surface area contributed by atoms with Crippen LogP contribution in [0.1, 0.15) is 50.1 Å². The van der Waals surface area contributed by atoms with Crippen LogP contribution in [0.25, 0.3) is 0 Å². The summed E-state index contributed by atoms with van der Waals surface area (Å²) in [6.45, 7) is 14.0. The zero-order valence-electron chi connectivity index (χ0n) is 19.8. The molecule has 2 heterocycles. The maximum absolute atomic E-state index is 11.9. The van der Waals surface area contributed by atoms with Crippen LogP contribution in [0.3, 0.4) is 0 Å². The third-order valence-corrected chi connectivity index (χ3v) is 6.24. The van der Waals surface area contributed by atoms with Gasteiger partial charge in [-0.25, -0.2) is 26.5 Å². The van der Waals surface area contributed by atoms with E-state index in [1.807, 2.05) is 72.1 Å².